The summed E-state index contributed by atoms with van der Waals surface area (Å²) in [6.45, 7) is 0. The van der Waals surface area contributed by atoms with Gasteiger partial charge in [0.1, 0.15) is 6.17 Å². The van der Waals surface area contributed by atoms with Crippen molar-refractivity contribution >= 4 is 9.24 Å². The third-order valence-corrected chi connectivity index (χ3v) is 3.74. The van der Waals surface area contributed by atoms with Gasteiger partial charge in [0.2, 0.25) is 0 Å². The quantitative estimate of drug-likeness (QED) is 0.644. The molecule has 0 spiro atoms. The Hall–Kier alpha value is -1.29. The van der Waals surface area contributed by atoms with Crippen molar-refractivity contribution < 1.29 is 0 Å². The number of hydrazine groups is 3. The van der Waals surface area contributed by atoms with Crippen LogP contribution >= 0.6 is 9.24 Å². The van der Waals surface area contributed by atoms with E-state index in [2.05, 4.69) is 79.7 Å². The zero-order valence-electron chi connectivity index (χ0n) is 10.5. The first kappa shape index (κ1) is 12.7. The van der Waals surface area contributed by atoms with E-state index in [1.165, 1.54) is 22.3 Å². The molecule has 2 aromatic rings. The van der Waals surface area contributed by atoms with E-state index in [-0.39, 0.29) is 6.17 Å². The molecule has 98 valence electrons. The van der Waals surface area contributed by atoms with Crippen LogP contribution in [0.2, 0.25) is 0 Å². The zero-order chi connectivity index (χ0) is 13.1. The molecule has 0 radical (unpaired) electrons. The summed E-state index contributed by atoms with van der Waals surface area (Å²) >= 11 is 0. The van der Waals surface area contributed by atoms with Crippen LogP contribution < -0.4 is 21.9 Å². The molecule has 5 heteroatoms. The average Bonchev–Trinajstić information content (AvgIpc) is 3.01. The number of hydrogen-bond donors (Lipinski definition) is 4. The summed E-state index contributed by atoms with van der Waals surface area (Å²) in [5.74, 6) is 0. The number of rotatable bonds is 3. The Bertz CT molecular complexity index is 550. The zero-order valence-corrected chi connectivity index (χ0v) is 11.6. The lowest BCUT2D eigenvalue weighted by Crippen LogP contribution is -2.33. The molecule has 0 amide bonds. The fourth-order valence-corrected chi connectivity index (χ4v) is 2.51. The standard InChI is InChI=1S/C14H17N4P/c19-9-10-5-7-11(8-6-10)12-3-1-2-4-13(12)14-15-17-18-16-14/h1-8,14-18H,9,19H2. The second-order valence-corrected chi connectivity index (χ2v) is 4.87. The van der Waals surface area contributed by atoms with Gasteiger partial charge in [0.05, 0.1) is 0 Å². The van der Waals surface area contributed by atoms with E-state index in [4.69, 9.17) is 0 Å². The minimum atomic E-state index is 0.0533. The van der Waals surface area contributed by atoms with E-state index < -0.39 is 0 Å². The van der Waals surface area contributed by atoms with E-state index in [9.17, 15) is 0 Å². The molecule has 1 aliphatic heterocycles. The predicted molar refractivity (Wildman–Crippen MR) is 80.6 cm³/mol. The maximum atomic E-state index is 3.13. The minimum Gasteiger partial charge on any atom is -0.220 e. The van der Waals surface area contributed by atoms with Crippen LogP contribution in [0.25, 0.3) is 11.1 Å². The monoisotopic (exact) mass is 272 g/mol. The van der Waals surface area contributed by atoms with Crippen LogP contribution in [0.5, 0.6) is 0 Å². The summed E-state index contributed by atoms with van der Waals surface area (Å²) in [5.41, 5.74) is 17.0. The van der Waals surface area contributed by atoms with Crippen molar-refractivity contribution in [3.8, 4) is 11.1 Å². The van der Waals surface area contributed by atoms with E-state index in [0.717, 1.165) is 6.16 Å². The molecule has 1 saturated heterocycles. The molecule has 1 fully saturated rings. The number of hydrogen-bond acceptors (Lipinski definition) is 4. The van der Waals surface area contributed by atoms with E-state index >= 15 is 0 Å². The lowest BCUT2D eigenvalue weighted by Gasteiger charge is -2.15. The van der Waals surface area contributed by atoms with Crippen molar-refractivity contribution in [3.05, 3.63) is 59.7 Å². The Kier molecular flexibility index (Phi) is 3.87. The van der Waals surface area contributed by atoms with Crippen LogP contribution in [0.1, 0.15) is 17.3 Å². The number of benzene rings is 2. The van der Waals surface area contributed by atoms with Crippen LogP contribution in [0.3, 0.4) is 0 Å². The maximum Gasteiger partial charge on any atom is 0.112 e. The van der Waals surface area contributed by atoms with E-state index in [0.29, 0.717) is 0 Å². The Morgan fingerprint density at radius 2 is 1.58 bits per heavy atom. The highest BCUT2D eigenvalue weighted by atomic mass is 31.0. The van der Waals surface area contributed by atoms with Gasteiger partial charge >= 0.3 is 0 Å². The molecule has 1 unspecified atom stereocenters. The average molecular weight is 272 g/mol. The highest BCUT2D eigenvalue weighted by Crippen LogP contribution is 2.27. The van der Waals surface area contributed by atoms with Gasteiger partial charge in [0.25, 0.3) is 0 Å². The van der Waals surface area contributed by atoms with Gasteiger partial charge < -0.3 is 0 Å². The van der Waals surface area contributed by atoms with Gasteiger partial charge in [-0.15, -0.1) is 9.24 Å². The van der Waals surface area contributed by atoms with Gasteiger partial charge in [-0.3, -0.25) is 0 Å². The first-order valence-electron chi connectivity index (χ1n) is 6.28. The van der Waals surface area contributed by atoms with E-state index in [1.807, 2.05) is 0 Å². The maximum absolute atomic E-state index is 3.13. The molecule has 0 saturated carbocycles. The molecule has 19 heavy (non-hydrogen) atoms. The van der Waals surface area contributed by atoms with E-state index in [1.54, 1.807) is 0 Å². The summed E-state index contributed by atoms with van der Waals surface area (Å²) in [6.07, 6.45) is 1.04. The highest BCUT2D eigenvalue weighted by molar-refractivity contribution is 7.15. The predicted octanol–water partition coefficient (Wildman–Crippen LogP) is 1.84. The van der Waals surface area contributed by atoms with Crippen molar-refractivity contribution in [1.82, 2.24) is 21.9 Å². The van der Waals surface area contributed by atoms with Crippen LogP contribution in [0.15, 0.2) is 48.5 Å². The Morgan fingerprint density at radius 1 is 0.895 bits per heavy atom. The second-order valence-electron chi connectivity index (χ2n) is 4.46. The molecule has 1 heterocycles. The summed E-state index contributed by atoms with van der Waals surface area (Å²) < 4.78 is 0. The summed E-state index contributed by atoms with van der Waals surface area (Å²) in [4.78, 5) is 0. The fraction of sp³-hybridized carbons (Fsp3) is 0.143. The van der Waals surface area contributed by atoms with Gasteiger partial charge in [-0.05, 0) is 28.4 Å². The molecule has 4 N–H and O–H groups in total. The smallest absolute Gasteiger partial charge is 0.112 e. The van der Waals surface area contributed by atoms with Crippen LogP contribution in [-0.2, 0) is 6.16 Å². The summed E-state index contributed by atoms with van der Waals surface area (Å²) in [5, 5.41) is 0. The van der Waals surface area contributed by atoms with Crippen LogP contribution in [0.4, 0.5) is 0 Å². The first-order chi connectivity index (χ1) is 9.38. The topological polar surface area (TPSA) is 48.1 Å². The molecule has 1 atom stereocenters. The second kappa shape index (κ2) is 5.78. The van der Waals surface area contributed by atoms with Crippen LogP contribution in [0, 0.1) is 0 Å². The van der Waals surface area contributed by atoms with Gasteiger partial charge in [-0.2, -0.15) is 11.1 Å². The molecular weight excluding hydrogens is 255 g/mol. The molecule has 0 aromatic heterocycles. The molecule has 1 aliphatic rings. The molecule has 4 nitrogen and oxygen atoms in total. The van der Waals surface area contributed by atoms with Gasteiger partial charge in [-0.1, -0.05) is 48.5 Å². The van der Waals surface area contributed by atoms with Gasteiger partial charge in [-0.25, -0.2) is 10.9 Å². The number of nitrogens with one attached hydrogen (secondary N) is 4. The molecule has 2 aromatic carbocycles. The van der Waals surface area contributed by atoms with Crippen molar-refractivity contribution in [2.75, 3.05) is 0 Å². The lowest BCUT2D eigenvalue weighted by molar-refractivity contribution is 0.556. The Labute approximate surface area is 115 Å². The normalized spacial score (nSPS) is 15.8. The SMILES string of the molecule is PCc1ccc(-c2ccccc2C2NNNN2)cc1. The minimum absolute atomic E-state index is 0.0533. The fourth-order valence-electron chi connectivity index (χ4n) is 2.24. The van der Waals surface area contributed by atoms with Gasteiger partial charge in [0, 0.05) is 0 Å². The van der Waals surface area contributed by atoms with Crippen molar-refractivity contribution in [3.63, 3.8) is 0 Å². The Morgan fingerprint density at radius 3 is 2.26 bits per heavy atom. The third-order valence-electron chi connectivity index (χ3n) is 3.27. The van der Waals surface area contributed by atoms with Crippen molar-refractivity contribution in [1.29, 1.82) is 0 Å². The summed E-state index contributed by atoms with van der Waals surface area (Å²) in [7, 11) is 2.75. The molecule has 0 bridgehead atoms. The molecule has 3 rings (SSSR count). The lowest BCUT2D eigenvalue weighted by atomic mass is 9.97. The Balaban J connectivity index is 1.98. The first-order valence-corrected chi connectivity index (χ1v) is 7.09. The molecule has 0 aliphatic carbocycles. The largest absolute Gasteiger partial charge is 0.220 e. The van der Waals surface area contributed by atoms with Crippen molar-refractivity contribution in [2.24, 2.45) is 0 Å². The highest BCUT2D eigenvalue weighted by Gasteiger charge is 2.18. The van der Waals surface area contributed by atoms with Crippen LogP contribution in [-0.4, -0.2) is 0 Å². The van der Waals surface area contributed by atoms with Gasteiger partial charge in [0.15, 0.2) is 0 Å². The third kappa shape index (κ3) is 2.68. The van der Waals surface area contributed by atoms with Crippen molar-refractivity contribution in [2.45, 2.75) is 12.3 Å². The summed E-state index contributed by atoms with van der Waals surface area (Å²) in [6, 6.07) is 17.1. The molecular formula is C14H17N4P.